The van der Waals surface area contributed by atoms with E-state index < -0.39 is 11.6 Å². The maximum Gasteiger partial charge on any atom is 0.354 e. The van der Waals surface area contributed by atoms with E-state index in [0.29, 0.717) is 22.4 Å². The van der Waals surface area contributed by atoms with Crippen molar-refractivity contribution >= 4 is 23.5 Å². The van der Waals surface area contributed by atoms with Gasteiger partial charge in [0.25, 0.3) is 5.91 Å². The van der Waals surface area contributed by atoms with Crippen molar-refractivity contribution < 1.29 is 19.1 Å². The summed E-state index contributed by atoms with van der Waals surface area (Å²) in [5.74, 6) is -1.20. The van der Waals surface area contributed by atoms with Gasteiger partial charge in [-0.3, -0.25) is 14.5 Å². The van der Waals surface area contributed by atoms with Gasteiger partial charge in [-0.05, 0) is 32.0 Å². The van der Waals surface area contributed by atoms with Crippen LogP contribution in [0, 0.1) is 11.3 Å². The lowest BCUT2D eigenvalue weighted by atomic mass is 9.95. The maximum absolute atomic E-state index is 13.5. The minimum atomic E-state index is -1.53. The van der Waals surface area contributed by atoms with Gasteiger partial charge in [0.05, 0.1) is 22.9 Å². The third kappa shape index (κ3) is 2.76. The monoisotopic (exact) mass is 403 g/mol. The fourth-order valence-corrected chi connectivity index (χ4v) is 4.39. The topological polar surface area (TPSA) is 90.7 Å². The van der Waals surface area contributed by atoms with Crippen molar-refractivity contribution in [1.82, 2.24) is 4.90 Å². The van der Waals surface area contributed by atoms with Crippen LogP contribution in [0.15, 0.2) is 48.5 Å². The molecule has 0 aromatic heterocycles. The highest BCUT2D eigenvalue weighted by atomic mass is 16.5. The lowest BCUT2D eigenvalue weighted by Crippen LogP contribution is -2.70. The zero-order valence-corrected chi connectivity index (χ0v) is 16.8. The zero-order chi connectivity index (χ0) is 21.5. The molecule has 4 rings (SSSR count). The first-order valence-corrected chi connectivity index (χ1v) is 9.83. The van der Waals surface area contributed by atoms with Gasteiger partial charge in [-0.1, -0.05) is 30.3 Å². The van der Waals surface area contributed by atoms with Crippen molar-refractivity contribution in [2.75, 3.05) is 4.90 Å². The molecule has 30 heavy (non-hydrogen) atoms. The molecule has 1 fully saturated rings. The van der Waals surface area contributed by atoms with Gasteiger partial charge in [-0.25, -0.2) is 4.79 Å². The van der Waals surface area contributed by atoms with Gasteiger partial charge in [0.15, 0.2) is 0 Å². The summed E-state index contributed by atoms with van der Waals surface area (Å²) in [5, 5.41) is 9.28. The van der Waals surface area contributed by atoms with Crippen molar-refractivity contribution in [2.24, 2.45) is 0 Å². The summed E-state index contributed by atoms with van der Waals surface area (Å²) in [6.07, 6.45) is 0.289. The van der Waals surface area contributed by atoms with Crippen molar-refractivity contribution in [2.45, 2.75) is 45.0 Å². The first-order valence-electron chi connectivity index (χ1n) is 9.83. The number of anilines is 1. The minimum Gasteiger partial charge on any atom is -0.458 e. The third-order valence-corrected chi connectivity index (χ3v) is 5.64. The lowest BCUT2D eigenvalue weighted by molar-refractivity contribution is -0.159. The number of amides is 2. The molecule has 1 saturated heterocycles. The van der Waals surface area contributed by atoms with Crippen LogP contribution in [0.5, 0.6) is 0 Å². The number of ether oxygens (including phenoxy) is 1. The van der Waals surface area contributed by atoms with Crippen LogP contribution in [-0.4, -0.2) is 34.4 Å². The molecule has 0 radical (unpaired) electrons. The fraction of sp³-hybridized carbons (Fsp3) is 0.304. The summed E-state index contributed by atoms with van der Waals surface area (Å²) in [7, 11) is 0. The van der Waals surface area contributed by atoms with Gasteiger partial charge in [0.1, 0.15) is 6.61 Å². The summed E-state index contributed by atoms with van der Waals surface area (Å²) < 4.78 is 5.63. The van der Waals surface area contributed by atoms with Crippen LogP contribution in [0.2, 0.25) is 0 Å². The van der Waals surface area contributed by atoms with Crippen molar-refractivity contribution in [1.29, 1.82) is 5.26 Å². The highest BCUT2D eigenvalue weighted by molar-refractivity contribution is 6.15. The van der Waals surface area contributed by atoms with Gasteiger partial charge in [-0.15, -0.1) is 0 Å². The Morgan fingerprint density at radius 3 is 2.60 bits per heavy atom. The summed E-state index contributed by atoms with van der Waals surface area (Å²) in [4.78, 5) is 42.6. The van der Waals surface area contributed by atoms with E-state index in [9.17, 15) is 19.6 Å². The molecule has 0 saturated carbocycles. The Balaban J connectivity index is 1.77. The second-order valence-electron chi connectivity index (χ2n) is 7.68. The normalized spacial score (nSPS) is 20.1. The van der Waals surface area contributed by atoms with Crippen LogP contribution in [0.3, 0.4) is 0 Å². The summed E-state index contributed by atoms with van der Waals surface area (Å²) in [6.45, 7) is 3.51. The van der Waals surface area contributed by atoms with E-state index in [0.717, 1.165) is 0 Å². The predicted octanol–water partition coefficient (Wildman–Crippen LogP) is 2.99. The quantitative estimate of drug-likeness (QED) is 0.732. The van der Waals surface area contributed by atoms with Crippen molar-refractivity contribution in [3.05, 3.63) is 65.2 Å². The van der Waals surface area contributed by atoms with Crippen LogP contribution in [-0.2, 0) is 20.9 Å². The molecule has 2 amide bonds. The van der Waals surface area contributed by atoms with Gasteiger partial charge in [0, 0.05) is 24.4 Å². The van der Waals surface area contributed by atoms with Crippen LogP contribution in [0.4, 0.5) is 5.69 Å². The molecule has 152 valence electrons. The SMILES string of the molecule is CC(C)N1C(=O)c2ccccc2N2C(=O)CCC21C(=O)OCc1ccccc1C#N. The number of esters is 1. The van der Waals surface area contributed by atoms with E-state index >= 15 is 0 Å². The largest absolute Gasteiger partial charge is 0.458 e. The Labute approximate surface area is 174 Å². The Morgan fingerprint density at radius 1 is 1.17 bits per heavy atom. The Hall–Kier alpha value is -3.66. The molecular weight excluding hydrogens is 382 g/mol. The lowest BCUT2D eigenvalue weighted by Gasteiger charge is -2.50. The Morgan fingerprint density at radius 2 is 1.87 bits per heavy atom. The Kier molecular flexibility index (Phi) is 4.78. The van der Waals surface area contributed by atoms with E-state index in [1.807, 2.05) is 13.8 Å². The number of carbonyl (C=O) groups excluding carboxylic acids is 3. The van der Waals surface area contributed by atoms with Crippen LogP contribution in [0.25, 0.3) is 0 Å². The minimum absolute atomic E-state index is 0.117. The molecule has 2 aliphatic rings. The fourth-order valence-electron chi connectivity index (χ4n) is 4.39. The van der Waals surface area contributed by atoms with E-state index in [2.05, 4.69) is 6.07 Å². The number of nitriles is 1. The molecule has 0 aliphatic carbocycles. The summed E-state index contributed by atoms with van der Waals surface area (Å²) in [5.41, 5.74) is 0.265. The molecule has 0 spiro atoms. The van der Waals surface area contributed by atoms with E-state index in [1.54, 1.807) is 48.5 Å². The molecule has 7 heteroatoms. The van der Waals surface area contributed by atoms with Crippen LogP contribution >= 0.6 is 0 Å². The van der Waals surface area contributed by atoms with E-state index in [-0.39, 0.29) is 37.3 Å². The number of benzene rings is 2. The number of hydrogen-bond donors (Lipinski definition) is 0. The Bertz CT molecular complexity index is 1090. The first-order chi connectivity index (χ1) is 14.4. The second kappa shape index (κ2) is 7.30. The second-order valence-corrected chi connectivity index (χ2v) is 7.68. The average molecular weight is 403 g/mol. The number of para-hydroxylation sites is 1. The summed E-state index contributed by atoms with van der Waals surface area (Å²) >= 11 is 0. The molecule has 0 bridgehead atoms. The van der Waals surface area contributed by atoms with Gasteiger partial charge < -0.3 is 9.64 Å². The molecule has 2 aromatic carbocycles. The van der Waals surface area contributed by atoms with E-state index in [1.165, 1.54) is 9.80 Å². The molecular formula is C23H21N3O4. The molecule has 1 atom stereocenters. The number of carbonyl (C=O) groups is 3. The number of fused-ring (bicyclic) bond motifs is 3. The predicted molar refractivity (Wildman–Crippen MR) is 108 cm³/mol. The molecule has 7 nitrogen and oxygen atoms in total. The zero-order valence-electron chi connectivity index (χ0n) is 16.8. The maximum atomic E-state index is 13.5. The molecule has 2 heterocycles. The van der Waals surface area contributed by atoms with Gasteiger partial charge in [-0.2, -0.15) is 5.26 Å². The summed E-state index contributed by atoms with van der Waals surface area (Å²) in [6, 6.07) is 15.4. The number of rotatable bonds is 4. The molecule has 0 N–H and O–H groups in total. The smallest absolute Gasteiger partial charge is 0.354 e. The molecule has 2 aliphatic heterocycles. The third-order valence-electron chi connectivity index (χ3n) is 5.64. The highest BCUT2D eigenvalue weighted by Gasteiger charge is 2.62. The molecule has 1 unspecified atom stereocenters. The van der Waals surface area contributed by atoms with Crippen molar-refractivity contribution in [3.63, 3.8) is 0 Å². The first kappa shape index (κ1) is 19.6. The van der Waals surface area contributed by atoms with Crippen LogP contribution in [0.1, 0.15) is 48.2 Å². The highest BCUT2D eigenvalue weighted by Crippen LogP contribution is 2.46. The van der Waals surface area contributed by atoms with Gasteiger partial charge in [0.2, 0.25) is 11.6 Å². The number of nitrogens with zero attached hydrogens (tertiary/aromatic N) is 3. The van der Waals surface area contributed by atoms with E-state index in [4.69, 9.17) is 4.74 Å². The standard InChI is InChI=1S/C23H21N3O4/c1-15(2)25-21(28)18-9-5-6-10-19(18)26-20(27)11-12-23(25,26)22(29)30-14-17-8-4-3-7-16(17)13-24/h3-10,15H,11-12,14H2,1-2H3. The number of hydrogen-bond acceptors (Lipinski definition) is 5. The average Bonchev–Trinajstić information content (AvgIpc) is 3.10. The van der Waals surface area contributed by atoms with Gasteiger partial charge >= 0.3 is 5.97 Å². The van der Waals surface area contributed by atoms with Crippen LogP contribution < -0.4 is 4.90 Å². The van der Waals surface area contributed by atoms with Crippen molar-refractivity contribution in [3.8, 4) is 6.07 Å². The molecule has 2 aromatic rings.